The molecule has 2 amide bonds. The summed E-state index contributed by atoms with van der Waals surface area (Å²) in [5.41, 5.74) is 0.511. The van der Waals surface area contributed by atoms with E-state index in [1.807, 2.05) is 6.07 Å². The Balaban J connectivity index is 2.09. The number of carboxylic acid groups (broad SMARTS) is 1. The van der Waals surface area contributed by atoms with Crippen LogP contribution in [0.5, 0.6) is 5.75 Å². The lowest BCUT2D eigenvalue weighted by molar-refractivity contribution is -0.145. The first-order chi connectivity index (χ1) is 11.9. The summed E-state index contributed by atoms with van der Waals surface area (Å²) in [6.45, 7) is 2.13. The van der Waals surface area contributed by atoms with Gasteiger partial charge in [0.2, 0.25) is 5.91 Å². The van der Waals surface area contributed by atoms with Crippen molar-refractivity contribution < 1.29 is 24.2 Å². The van der Waals surface area contributed by atoms with Crippen molar-refractivity contribution in [2.75, 3.05) is 26.7 Å². The Morgan fingerprint density at radius 2 is 1.96 bits per heavy atom. The van der Waals surface area contributed by atoms with E-state index in [1.54, 1.807) is 23.1 Å². The van der Waals surface area contributed by atoms with Crippen LogP contribution in [0.25, 0.3) is 0 Å². The minimum absolute atomic E-state index is 0.106. The van der Waals surface area contributed by atoms with Gasteiger partial charge in [0.05, 0.1) is 12.7 Å². The summed E-state index contributed by atoms with van der Waals surface area (Å²) in [6, 6.07) is 6.92. The number of rotatable bonds is 5. The van der Waals surface area contributed by atoms with E-state index in [9.17, 15) is 14.4 Å². The van der Waals surface area contributed by atoms with E-state index in [0.29, 0.717) is 37.2 Å². The number of carboxylic acids is 1. The molecule has 0 aliphatic carbocycles. The van der Waals surface area contributed by atoms with Gasteiger partial charge in [0.15, 0.2) is 0 Å². The molecule has 7 nitrogen and oxygen atoms in total. The monoisotopic (exact) mass is 348 g/mol. The first-order valence-electron chi connectivity index (χ1n) is 8.35. The van der Waals surface area contributed by atoms with E-state index in [-0.39, 0.29) is 24.4 Å². The first-order valence-corrected chi connectivity index (χ1v) is 8.35. The summed E-state index contributed by atoms with van der Waals surface area (Å²) in [4.78, 5) is 38.7. The predicted molar refractivity (Wildman–Crippen MR) is 91.6 cm³/mol. The molecular weight excluding hydrogens is 324 g/mol. The number of hydrogen-bond donors (Lipinski definition) is 1. The van der Waals surface area contributed by atoms with Crippen LogP contribution in [0.15, 0.2) is 24.3 Å². The molecule has 0 bridgehead atoms. The van der Waals surface area contributed by atoms with Gasteiger partial charge in [-0.1, -0.05) is 12.1 Å². The minimum atomic E-state index is -1.03. The lowest BCUT2D eigenvalue weighted by Crippen LogP contribution is -2.43. The number of benzene rings is 1. The number of amides is 2. The van der Waals surface area contributed by atoms with Gasteiger partial charge < -0.3 is 19.6 Å². The maximum atomic E-state index is 12.8. The molecule has 7 heteroatoms. The zero-order valence-electron chi connectivity index (χ0n) is 14.6. The van der Waals surface area contributed by atoms with Crippen molar-refractivity contribution in [2.24, 2.45) is 0 Å². The molecule has 1 aliphatic rings. The van der Waals surface area contributed by atoms with Crippen molar-refractivity contribution in [3.63, 3.8) is 0 Å². The number of likely N-dealkylation sites (tertiary alicyclic amines) is 1. The second-order valence-electron chi connectivity index (χ2n) is 6.12. The van der Waals surface area contributed by atoms with Gasteiger partial charge in [-0.3, -0.25) is 14.4 Å². The number of methoxy groups -OCH3 is 1. The largest absolute Gasteiger partial charge is 0.496 e. The Bertz CT molecular complexity index is 646. The van der Waals surface area contributed by atoms with Gasteiger partial charge in [-0.2, -0.15) is 0 Å². The lowest BCUT2D eigenvalue weighted by Gasteiger charge is -2.29. The van der Waals surface area contributed by atoms with Gasteiger partial charge >= 0.3 is 5.97 Å². The highest BCUT2D eigenvalue weighted by atomic mass is 16.5. The Morgan fingerprint density at radius 3 is 2.60 bits per heavy atom. The third-order valence-electron chi connectivity index (χ3n) is 4.47. The van der Waals surface area contributed by atoms with E-state index in [4.69, 9.17) is 9.84 Å². The van der Waals surface area contributed by atoms with Crippen molar-refractivity contribution in [2.45, 2.75) is 32.2 Å². The fraction of sp³-hybridized carbons (Fsp3) is 0.500. The van der Waals surface area contributed by atoms with Gasteiger partial charge in [-0.25, -0.2) is 0 Å². The third-order valence-corrected chi connectivity index (χ3v) is 4.47. The summed E-state index contributed by atoms with van der Waals surface area (Å²) in [6.07, 6.45) is 1.96. The normalized spacial score (nSPS) is 17.5. The van der Waals surface area contributed by atoms with Crippen molar-refractivity contribution in [1.82, 2.24) is 9.80 Å². The third kappa shape index (κ3) is 4.71. The van der Waals surface area contributed by atoms with Crippen LogP contribution in [0.3, 0.4) is 0 Å². The van der Waals surface area contributed by atoms with Gasteiger partial charge in [0, 0.05) is 26.1 Å². The molecule has 1 aromatic carbocycles. The second kappa shape index (κ2) is 8.50. The number of aliphatic carboxylic acids is 1. The van der Waals surface area contributed by atoms with E-state index in [1.165, 1.54) is 18.9 Å². The number of carbonyl (C=O) groups excluding carboxylic acids is 2. The highest BCUT2D eigenvalue weighted by Crippen LogP contribution is 2.23. The van der Waals surface area contributed by atoms with Gasteiger partial charge in [0.1, 0.15) is 12.3 Å². The molecule has 136 valence electrons. The molecule has 1 heterocycles. The fourth-order valence-electron chi connectivity index (χ4n) is 3.23. The topological polar surface area (TPSA) is 87.2 Å². The van der Waals surface area contributed by atoms with E-state index >= 15 is 0 Å². The standard InChI is InChI=1S/C18H24N2O5/c1-13(21)20(12-17(22)23)14-6-5-10-19(11-9-14)18(24)15-7-3-4-8-16(15)25-2/h3-4,7-8,14H,5-6,9-12H2,1-2H3,(H,22,23). The molecule has 1 atom stereocenters. The minimum Gasteiger partial charge on any atom is -0.496 e. The molecule has 1 aliphatic heterocycles. The summed E-state index contributed by atoms with van der Waals surface area (Å²) in [7, 11) is 1.53. The SMILES string of the molecule is COc1ccccc1C(=O)N1CCCC(N(CC(=O)O)C(C)=O)CC1. The van der Waals surface area contributed by atoms with Crippen molar-refractivity contribution in [3.8, 4) is 5.75 Å². The maximum Gasteiger partial charge on any atom is 0.323 e. The van der Waals surface area contributed by atoms with Crippen LogP contribution < -0.4 is 4.74 Å². The summed E-state index contributed by atoms with van der Waals surface area (Å²) in [5.74, 6) is -0.853. The van der Waals surface area contributed by atoms with Crippen LogP contribution >= 0.6 is 0 Å². The summed E-state index contributed by atoms with van der Waals surface area (Å²) < 4.78 is 5.26. The fourth-order valence-corrected chi connectivity index (χ4v) is 3.23. The molecule has 25 heavy (non-hydrogen) atoms. The molecule has 1 fully saturated rings. The van der Waals surface area contributed by atoms with Gasteiger partial charge in [-0.15, -0.1) is 0 Å². The molecule has 1 unspecified atom stereocenters. The second-order valence-corrected chi connectivity index (χ2v) is 6.12. The molecule has 2 rings (SSSR count). The Labute approximate surface area is 147 Å². The lowest BCUT2D eigenvalue weighted by atomic mass is 10.1. The Hall–Kier alpha value is -2.57. The number of hydrogen-bond acceptors (Lipinski definition) is 4. The zero-order chi connectivity index (χ0) is 18.4. The Kier molecular flexibility index (Phi) is 6.38. The summed E-state index contributed by atoms with van der Waals surface area (Å²) in [5, 5.41) is 9.01. The molecule has 1 aromatic rings. The molecular formula is C18H24N2O5. The van der Waals surface area contributed by atoms with E-state index in [0.717, 1.165) is 6.42 Å². The molecule has 0 saturated carbocycles. The van der Waals surface area contributed by atoms with Crippen LogP contribution in [0.1, 0.15) is 36.5 Å². The van der Waals surface area contributed by atoms with Crippen LogP contribution in [0.4, 0.5) is 0 Å². The van der Waals surface area contributed by atoms with Gasteiger partial charge in [-0.05, 0) is 31.4 Å². The van der Waals surface area contributed by atoms with Crippen LogP contribution in [-0.2, 0) is 9.59 Å². The van der Waals surface area contributed by atoms with Crippen molar-refractivity contribution in [1.29, 1.82) is 0 Å². The predicted octanol–water partition coefficient (Wildman–Crippen LogP) is 1.62. The Morgan fingerprint density at radius 1 is 1.24 bits per heavy atom. The number of carbonyl (C=O) groups is 3. The molecule has 1 N–H and O–H groups in total. The molecule has 1 saturated heterocycles. The molecule has 0 aromatic heterocycles. The number of ether oxygens (including phenoxy) is 1. The van der Waals surface area contributed by atoms with Crippen molar-refractivity contribution >= 4 is 17.8 Å². The highest BCUT2D eigenvalue weighted by molar-refractivity contribution is 5.97. The smallest absolute Gasteiger partial charge is 0.323 e. The van der Waals surface area contributed by atoms with Crippen molar-refractivity contribution in [3.05, 3.63) is 29.8 Å². The number of para-hydroxylation sites is 1. The quantitative estimate of drug-likeness (QED) is 0.874. The number of nitrogens with zero attached hydrogens (tertiary/aromatic N) is 2. The average Bonchev–Trinajstić information content (AvgIpc) is 2.84. The molecule has 0 radical (unpaired) electrons. The van der Waals surface area contributed by atoms with Gasteiger partial charge in [0.25, 0.3) is 5.91 Å². The van der Waals surface area contributed by atoms with Crippen LogP contribution in [-0.4, -0.2) is 65.5 Å². The van der Waals surface area contributed by atoms with Crippen LogP contribution in [0.2, 0.25) is 0 Å². The first kappa shape index (κ1) is 18.8. The zero-order valence-corrected chi connectivity index (χ0v) is 14.6. The van der Waals surface area contributed by atoms with E-state index < -0.39 is 5.97 Å². The van der Waals surface area contributed by atoms with Crippen LogP contribution in [0, 0.1) is 0 Å². The van der Waals surface area contributed by atoms with E-state index in [2.05, 4.69) is 0 Å². The average molecular weight is 348 g/mol. The maximum absolute atomic E-state index is 12.8. The molecule has 0 spiro atoms. The highest BCUT2D eigenvalue weighted by Gasteiger charge is 2.28. The summed E-state index contributed by atoms with van der Waals surface area (Å²) >= 11 is 0.